The molecule has 1 amide bonds. The zero-order valence-corrected chi connectivity index (χ0v) is 16.6. The molecule has 2 aromatic carbocycles. The number of carbonyl (C=O) groups excluding carboxylic acids is 1. The molecule has 0 spiro atoms. The van der Waals surface area contributed by atoms with Crippen LogP contribution in [0.25, 0.3) is 0 Å². The number of thioether (sulfide) groups is 1. The summed E-state index contributed by atoms with van der Waals surface area (Å²) in [6.45, 7) is 3.99. The van der Waals surface area contributed by atoms with Gasteiger partial charge in [0.1, 0.15) is 10.6 Å². The summed E-state index contributed by atoms with van der Waals surface area (Å²) in [6.07, 6.45) is 0.797. The number of fused-ring (bicyclic) bond motifs is 1. The van der Waals surface area contributed by atoms with E-state index in [9.17, 15) is 13.2 Å². The van der Waals surface area contributed by atoms with E-state index in [-0.39, 0.29) is 22.3 Å². The first kappa shape index (κ1) is 18.8. The summed E-state index contributed by atoms with van der Waals surface area (Å²) >= 11 is 1.32. The van der Waals surface area contributed by atoms with E-state index in [1.54, 1.807) is 6.07 Å². The van der Waals surface area contributed by atoms with Crippen LogP contribution in [-0.2, 0) is 10.0 Å². The SMILES string of the molecule is CCC(C)c1cc(OC)cc2c1C(=O)N(CSc1ccccc1)S2(=O)=O. The Morgan fingerprint density at radius 3 is 2.50 bits per heavy atom. The van der Waals surface area contributed by atoms with Gasteiger partial charge in [-0.3, -0.25) is 4.79 Å². The quantitative estimate of drug-likeness (QED) is 0.694. The van der Waals surface area contributed by atoms with Crippen LogP contribution in [0.3, 0.4) is 0 Å². The van der Waals surface area contributed by atoms with E-state index in [1.165, 1.54) is 24.9 Å². The van der Waals surface area contributed by atoms with Crippen LogP contribution in [0.15, 0.2) is 52.3 Å². The normalized spacial score (nSPS) is 16.4. The van der Waals surface area contributed by atoms with Crippen molar-refractivity contribution in [2.24, 2.45) is 0 Å². The maximum Gasteiger partial charge on any atom is 0.270 e. The Hall–Kier alpha value is -1.99. The molecule has 1 aliphatic heterocycles. The topological polar surface area (TPSA) is 63.7 Å². The molecule has 0 saturated heterocycles. The highest BCUT2D eigenvalue weighted by molar-refractivity contribution is 8.00. The average Bonchev–Trinajstić information content (AvgIpc) is 2.85. The summed E-state index contributed by atoms with van der Waals surface area (Å²) in [5.74, 6) is 0.0939. The number of benzene rings is 2. The number of sulfonamides is 1. The predicted molar refractivity (Wildman–Crippen MR) is 102 cm³/mol. The molecule has 2 aromatic rings. The molecule has 1 unspecified atom stereocenters. The first-order chi connectivity index (χ1) is 12.4. The van der Waals surface area contributed by atoms with Crippen molar-refractivity contribution in [2.45, 2.75) is 36.0 Å². The minimum Gasteiger partial charge on any atom is -0.497 e. The van der Waals surface area contributed by atoms with Gasteiger partial charge in [0.2, 0.25) is 0 Å². The van der Waals surface area contributed by atoms with Gasteiger partial charge in [0, 0.05) is 11.0 Å². The minimum atomic E-state index is -3.88. The fraction of sp³-hybridized carbons (Fsp3) is 0.316. The van der Waals surface area contributed by atoms with Crippen molar-refractivity contribution >= 4 is 27.7 Å². The van der Waals surface area contributed by atoms with E-state index in [0.717, 1.165) is 21.2 Å². The Morgan fingerprint density at radius 1 is 1.19 bits per heavy atom. The van der Waals surface area contributed by atoms with Crippen LogP contribution in [0.4, 0.5) is 0 Å². The van der Waals surface area contributed by atoms with Gasteiger partial charge in [-0.2, -0.15) is 0 Å². The monoisotopic (exact) mass is 391 g/mol. The standard InChI is InChI=1S/C19H21NO4S2/c1-4-13(2)16-10-14(24-3)11-17-18(16)19(21)20(26(17,22)23)12-25-15-8-6-5-7-9-15/h5-11,13H,4,12H2,1-3H3. The first-order valence-electron chi connectivity index (χ1n) is 8.37. The molecule has 3 rings (SSSR count). The third-order valence-electron chi connectivity index (χ3n) is 4.59. The molecule has 5 nitrogen and oxygen atoms in total. The number of carbonyl (C=O) groups is 1. The molecule has 138 valence electrons. The molecule has 0 N–H and O–H groups in total. The number of rotatable bonds is 6. The number of amides is 1. The average molecular weight is 392 g/mol. The summed E-state index contributed by atoms with van der Waals surface area (Å²) in [6, 6.07) is 12.6. The second-order valence-corrected chi connectivity index (χ2v) is 8.99. The van der Waals surface area contributed by atoms with Crippen LogP contribution in [0.2, 0.25) is 0 Å². The lowest BCUT2D eigenvalue weighted by atomic mass is 9.93. The van der Waals surface area contributed by atoms with Crippen molar-refractivity contribution in [2.75, 3.05) is 13.0 Å². The van der Waals surface area contributed by atoms with Crippen molar-refractivity contribution in [3.63, 3.8) is 0 Å². The molecule has 1 heterocycles. The Labute approximate surface area is 158 Å². The number of nitrogens with zero attached hydrogens (tertiary/aromatic N) is 1. The van der Waals surface area contributed by atoms with Gasteiger partial charge in [-0.1, -0.05) is 32.0 Å². The number of hydrogen-bond donors (Lipinski definition) is 0. The van der Waals surface area contributed by atoms with Crippen LogP contribution in [0.5, 0.6) is 5.75 Å². The molecular formula is C19H21NO4S2. The molecule has 1 aliphatic rings. The molecule has 0 radical (unpaired) electrons. The maximum absolute atomic E-state index is 13.0. The second kappa shape index (κ2) is 7.32. The lowest BCUT2D eigenvalue weighted by Gasteiger charge is -2.15. The van der Waals surface area contributed by atoms with Gasteiger partial charge in [-0.05, 0) is 36.1 Å². The summed E-state index contributed by atoms with van der Waals surface area (Å²) in [5.41, 5.74) is 1.01. The third kappa shape index (κ3) is 3.21. The molecule has 0 fully saturated rings. The van der Waals surface area contributed by atoms with E-state index in [0.29, 0.717) is 5.75 Å². The Kier molecular flexibility index (Phi) is 5.29. The summed E-state index contributed by atoms with van der Waals surface area (Å²) in [4.78, 5) is 13.9. The summed E-state index contributed by atoms with van der Waals surface area (Å²) in [5, 5.41) is 0. The summed E-state index contributed by atoms with van der Waals surface area (Å²) in [7, 11) is -2.39. The number of methoxy groups -OCH3 is 1. The fourth-order valence-corrected chi connectivity index (χ4v) is 5.62. The lowest BCUT2D eigenvalue weighted by molar-refractivity contribution is 0.0885. The number of ether oxygens (including phenoxy) is 1. The van der Waals surface area contributed by atoms with E-state index < -0.39 is 15.9 Å². The fourth-order valence-electron chi connectivity index (χ4n) is 2.90. The highest BCUT2D eigenvalue weighted by Crippen LogP contribution is 2.40. The highest BCUT2D eigenvalue weighted by Gasteiger charge is 2.43. The second-order valence-electron chi connectivity index (χ2n) is 6.14. The molecule has 0 saturated carbocycles. The van der Waals surface area contributed by atoms with E-state index >= 15 is 0 Å². The van der Waals surface area contributed by atoms with Crippen LogP contribution < -0.4 is 4.74 Å². The number of hydrogen-bond acceptors (Lipinski definition) is 5. The maximum atomic E-state index is 13.0. The molecule has 0 aromatic heterocycles. The zero-order chi connectivity index (χ0) is 18.9. The van der Waals surface area contributed by atoms with Gasteiger partial charge < -0.3 is 4.74 Å². The predicted octanol–water partition coefficient (Wildman–Crippen LogP) is 4.10. The summed E-state index contributed by atoms with van der Waals surface area (Å²) < 4.78 is 32.2. The molecule has 1 atom stereocenters. The highest BCUT2D eigenvalue weighted by atomic mass is 32.2. The van der Waals surface area contributed by atoms with Crippen molar-refractivity contribution < 1.29 is 17.9 Å². The van der Waals surface area contributed by atoms with Gasteiger partial charge in [-0.15, -0.1) is 11.8 Å². The van der Waals surface area contributed by atoms with Crippen LogP contribution >= 0.6 is 11.8 Å². The minimum absolute atomic E-state index is 0.0438. The van der Waals surface area contributed by atoms with E-state index in [2.05, 4.69) is 0 Å². The van der Waals surface area contributed by atoms with Crippen molar-refractivity contribution in [1.82, 2.24) is 4.31 Å². The van der Waals surface area contributed by atoms with Crippen molar-refractivity contribution in [1.29, 1.82) is 0 Å². The van der Waals surface area contributed by atoms with Gasteiger partial charge in [0.05, 0.1) is 18.6 Å². The van der Waals surface area contributed by atoms with E-state index in [1.807, 2.05) is 44.2 Å². The molecular weight excluding hydrogens is 370 g/mol. The zero-order valence-electron chi connectivity index (χ0n) is 14.9. The van der Waals surface area contributed by atoms with Gasteiger partial charge in [0.15, 0.2) is 0 Å². The largest absolute Gasteiger partial charge is 0.497 e. The third-order valence-corrected chi connectivity index (χ3v) is 7.49. The van der Waals surface area contributed by atoms with Crippen molar-refractivity contribution in [3.05, 3.63) is 53.6 Å². The van der Waals surface area contributed by atoms with Crippen LogP contribution in [-0.4, -0.2) is 31.6 Å². The Bertz CT molecular complexity index is 926. The first-order valence-corrected chi connectivity index (χ1v) is 10.8. The van der Waals surface area contributed by atoms with Gasteiger partial charge in [0.25, 0.3) is 15.9 Å². The van der Waals surface area contributed by atoms with Crippen LogP contribution in [0.1, 0.15) is 42.1 Å². The van der Waals surface area contributed by atoms with Crippen LogP contribution in [0, 0.1) is 0 Å². The molecule has 26 heavy (non-hydrogen) atoms. The van der Waals surface area contributed by atoms with Gasteiger partial charge >= 0.3 is 0 Å². The smallest absolute Gasteiger partial charge is 0.270 e. The van der Waals surface area contributed by atoms with Crippen molar-refractivity contribution in [3.8, 4) is 5.75 Å². The lowest BCUT2D eigenvalue weighted by Crippen LogP contribution is -2.29. The Morgan fingerprint density at radius 2 is 1.88 bits per heavy atom. The molecule has 0 aliphatic carbocycles. The molecule has 7 heteroatoms. The Balaban J connectivity index is 2.02. The van der Waals surface area contributed by atoms with Gasteiger partial charge in [-0.25, -0.2) is 12.7 Å². The molecule has 0 bridgehead atoms. The van der Waals surface area contributed by atoms with E-state index in [4.69, 9.17) is 4.74 Å².